The lowest BCUT2D eigenvalue weighted by molar-refractivity contribution is 0.414. The molecule has 2 rings (SSSR count). The van der Waals surface area contributed by atoms with E-state index < -0.39 is 0 Å². The van der Waals surface area contributed by atoms with Crippen molar-refractivity contribution in [2.24, 2.45) is 0 Å². The van der Waals surface area contributed by atoms with E-state index >= 15 is 0 Å². The SMILES string of the molecule is COc1ccc2ccccc2c1C#CC#N. The van der Waals surface area contributed by atoms with Crippen molar-refractivity contribution in [2.45, 2.75) is 0 Å². The molecule has 0 radical (unpaired) electrons. The van der Waals surface area contributed by atoms with Crippen molar-refractivity contribution in [3.05, 3.63) is 42.0 Å². The quantitative estimate of drug-likeness (QED) is 0.673. The Balaban J connectivity index is 2.79. The van der Waals surface area contributed by atoms with Crippen LogP contribution in [0.25, 0.3) is 10.8 Å². The van der Waals surface area contributed by atoms with Crippen LogP contribution < -0.4 is 4.74 Å². The van der Waals surface area contributed by atoms with Gasteiger partial charge in [-0.15, -0.1) is 0 Å². The van der Waals surface area contributed by atoms with E-state index in [0.717, 1.165) is 16.3 Å². The maximum absolute atomic E-state index is 8.50. The van der Waals surface area contributed by atoms with Crippen LogP contribution in [0.2, 0.25) is 0 Å². The molecule has 0 fully saturated rings. The number of fused-ring (bicyclic) bond motifs is 1. The summed E-state index contributed by atoms with van der Waals surface area (Å²) in [7, 11) is 1.60. The van der Waals surface area contributed by atoms with Gasteiger partial charge in [0, 0.05) is 11.3 Å². The molecule has 0 heterocycles. The van der Waals surface area contributed by atoms with Crippen molar-refractivity contribution in [1.29, 1.82) is 5.26 Å². The van der Waals surface area contributed by atoms with E-state index in [0.29, 0.717) is 5.75 Å². The maximum Gasteiger partial charge on any atom is 0.152 e. The van der Waals surface area contributed by atoms with Gasteiger partial charge in [0.2, 0.25) is 0 Å². The van der Waals surface area contributed by atoms with E-state index in [2.05, 4.69) is 11.8 Å². The van der Waals surface area contributed by atoms with Crippen molar-refractivity contribution >= 4 is 10.8 Å². The molecule has 0 bridgehead atoms. The van der Waals surface area contributed by atoms with Crippen LogP contribution in [-0.2, 0) is 0 Å². The first-order valence-electron chi connectivity index (χ1n) is 4.82. The van der Waals surface area contributed by atoms with Gasteiger partial charge in [0.05, 0.1) is 12.7 Å². The van der Waals surface area contributed by atoms with E-state index in [1.165, 1.54) is 0 Å². The molecule has 0 saturated carbocycles. The van der Waals surface area contributed by atoms with Gasteiger partial charge in [-0.25, -0.2) is 0 Å². The molecule has 0 aliphatic carbocycles. The third-order valence-electron chi connectivity index (χ3n) is 2.35. The van der Waals surface area contributed by atoms with Crippen molar-refractivity contribution in [1.82, 2.24) is 0 Å². The first kappa shape index (κ1) is 10.1. The van der Waals surface area contributed by atoms with Crippen LogP contribution >= 0.6 is 0 Å². The summed E-state index contributed by atoms with van der Waals surface area (Å²) in [4.78, 5) is 0. The monoisotopic (exact) mass is 207 g/mol. The molecule has 0 amide bonds. The average Bonchev–Trinajstić information content (AvgIpc) is 2.35. The molecule has 2 heteroatoms. The number of hydrogen-bond acceptors (Lipinski definition) is 2. The molecule has 0 aromatic heterocycles. The van der Waals surface area contributed by atoms with Gasteiger partial charge in [0.1, 0.15) is 5.75 Å². The summed E-state index contributed by atoms with van der Waals surface area (Å²) in [6.07, 6.45) is 0. The maximum atomic E-state index is 8.50. The predicted molar refractivity (Wildman–Crippen MR) is 63.0 cm³/mol. The molecule has 0 atom stereocenters. The molecule has 2 aromatic rings. The molecule has 16 heavy (non-hydrogen) atoms. The summed E-state index contributed by atoms with van der Waals surface area (Å²) in [6.45, 7) is 0. The summed E-state index contributed by atoms with van der Waals surface area (Å²) in [5.74, 6) is 5.92. The van der Waals surface area contributed by atoms with E-state index in [4.69, 9.17) is 10.00 Å². The molecule has 0 spiro atoms. The lowest BCUT2D eigenvalue weighted by atomic mass is 10.0. The zero-order valence-electron chi connectivity index (χ0n) is 8.82. The summed E-state index contributed by atoms with van der Waals surface area (Å²) >= 11 is 0. The fourth-order valence-electron chi connectivity index (χ4n) is 1.64. The largest absolute Gasteiger partial charge is 0.495 e. The lowest BCUT2D eigenvalue weighted by Crippen LogP contribution is -1.89. The third-order valence-corrected chi connectivity index (χ3v) is 2.35. The van der Waals surface area contributed by atoms with Crippen LogP contribution in [0.15, 0.2) is 36.4 Å². The number of methoxy groups -OCH3 is 1. The summed E-state index contributed by atoms with van der Waals surface area (Å²) in [5, 5.41) is 10.6. The lowest BCUT2D eigenvalue weighted by Gasteiger charge is -2.06. The highest BCUT2D eigenvalue weighted by Crippen LogP contribution is 2.26. The van der Waals surface area contributed by atoms with E-state index in [-0.39, 0.29) is 0 Å². The average molecular weight is 207 g/mol. The zero-order chi connectivity index (χ0) is 11.4. The van der Waals surface area contributed by atoms with Gasteiger partial charge in [-0.3, -0.25) is 0 Å². The number of nitriles is 1. The van der Waals surface area contributed by atoms with Gasteiger partial charge in [0.15, 0.2) is 6.07 Å². The molecule has 76 valence electrons. The first-order chi connectivity index (χ1) is 7.86. The Labute approximate surface area is 94.1 Å². The minimum absolute atomic E-state index is 0.696. The number of rotatable bonds is 1. The smallest absolute Gasteiger partial charge is 0.152 e. The highest BCUT2D eigenvalue weighted by atomic mass is 16.5. The molecule has 0 aliphatic heterocycles. The second-order valence-electron chi connectivity index (χ2n) is 3.23. The molecule has 0 unspecified atom stereocenters. The van der Waals surface area contributed by atoms with E-state index in [1.54, 1.807) is 7.11 Å². The molecule has 0 saturated heterocycles. The second-order valence-corrected chi connectivity index (χ2v) is 3.23. The van der Waals surface area contributed by atoms with Crippen LogP contribution in [0.4, 0.5) is 0 Å². The van der Waals surface area contributed by atoms with Gasteiger partial charge in [0.25, 0.3) is 0 Å². The van der Waals surface area contributed by atoms with Crippen molar-refractivity contribution < 1.29 is 4.74 Å². The van der Waals surface area contributed by atoms with Crippen LogP contribution in [0.5, 0.6) is 5.75 Å². The molecule has 2 aromatic carbocycles. The highest BCUT2D eigenvalue weighted by Gasteiger charge is 2.04. The Hall–Kier alpha value is -2.45. The summed E-state index contributed by atoms with van der Waals surface area (Å²) < 4.78 is 5.24. The Morgan fingerprint density at radius 3 is 2.69 bits per heavy atom. The number of ether oxygens (including phenoxy) is 1. The third kappa shape index (κ3) is 1.69. The highest BCUT2D eigenvalue weighted by molar-refractivity contribution is 5.90. The number of nitrogens with zero attached hydrogens (tertiary/aromatic N) is 1. The Morgan fingerprint density at radius 1 is 1.12 bits per heavy atom. The fraction of sp³-hybridized carbons (Fsp3) is 0.0714. The van der Waals surface area contributed by atoms with Crippen molar-refractivity contribution in [3.8, 4) is 23.7 Å². The second kappa shape index (κ2) is 4.38. The fourth-order valence-corrected chi connectivity index (χ4v) is 1.64. The Morgan fingerprint density at radius 2 is 1.94 bits per heavy atom. The van der Waals surface area contributed by atoms with Gasteiger partial charge in [-0.2, -0.15) is 5.26 Å². The van der Waals surface area contributed by atoms with Crippen LogP contribution in [0, 0.1) is 23.2 Å². The first-order valence-corrected chi connectivity index (χ1v) is 4.82. The predicted octanol–water partition coefficient (Wildman–Crippen LogP) is 2.72. The van der Waals surface area contributed by atoms with Gasteiger partial charge < -0.3 is 4.74 Å². The molecular formula is C14H9NO. The van der Waals surface area contributed by atoms with E-state index in [9.17, 15) is 0 Å². The van der Waals surface area contributed by atoms with Crippen LogP contribution in [0.3, 0.4) is 0 Å². The van der Waals surface area contributed by atoms with Gasteiger partial charge >= 0.3 is 0 Å². The topological polar surface area (TPSA) is 33.0 Å². The van der Waals surface area contributed by atoms with Crippen LogP contribution in [-0.4, -0.2) is 7.11 Å². The van der Waals surface area contributed by atoms with Crippen LogP contribution in [0.1, 0.15) is 5.56 Å². The molecule has 0 aliphatic rings. The van der Waals surface area contributed by atoms with Gasteiger partial charge in [-0.1, -0.05) is 30.3 Å². The zero-order valence-corrected chi connectivity index (χ0v) is 8.82. The Bertz CT molecular complexity index is 626. The molecule has 2 nitrogen and oxygen atoms in total. The molecule has 0 N–H and O–H groups in total. The van der Waals surface area contributed by atoms with Gasteiger partial charge in [-0.05, 0) is 17.4 Å². The summed E-state index contributed by atoms with van der Waals surface area (Å²) in [6, 6.07) is 13.5. The van der Waals surface area contributed by atoms with E-state index in [1.807, 2.05) is 42.5 Å². The normalized spacial score (nSPS) is 9.00. The van der Waals surface area contributed by atoms with Crippen molar-refractivity contribution in [2.75, 3.05) is 7.11 Å². The number of hydrogen-bond donors (Lipinski definition) is 0. The molecular weight excluding hydrogens is 198 g/mol. The Kier molecular flexibility index (Phi) is 2.76. The minimum Gasteiger partial charge on any atom is -0.495 e. The summed E-state index contributed by atoms with van der Waals surface area (Å²) in [5.41, 5.74) is 0.766. The standard InChI is InChI=1S/C14H9NO/c1-16-14-9-8-11-5-2-3-6-12(11)13(14)7-4-10-15/h2-3,5-6,8-9H,1H3. The van der Waals surface area contributed by atoms with Crippen molar-refractivity contribution in [3.63, 3.8) is 0 Å². The minimum atomic E-state index is 0.696. The number of benzene rings is 2.